The summed E-state index contributed by atoms with van der Waals surface area (Å²) in [5.41, 5.74) is 0. The molecule has 1 aromatic heterocycles. The molecule has 1 aromatic rings. The van der Waals surface area contributed by atoms with Gasteiger partial charge in [-0.2, -0.15) is 0 Å². The summed E-state index contributed by atoms with van der Waals surface area (Å²) < 4.78 is 5.33. The molecule has 4 nitrogen and oxygen atoms in total. The first kappa shape index (κ1) is 14.1. The Morgan fingerprint density at radius 1 is 1.53 bits per heavy atom. The number of furan rings is 1. The molecule has 0 unspecified atom stereocenters. The van der Waals surface area contributed by atoms with Crippen LogP contribution in [-0.2, 0) is 4.79 Å². The van der Waals surface area contributed by atoms with Crippen LogP contribution in [0.2, 0.25) is 0 Å². The van der Waals surface area contributed by atoms with Crippen LogP contribution in [0.4, 0.5) is 0 Å². The molecule has 3 N–H and O–H groups in total. The van der Waals surface area contributed by atoms with Crippen molar-refractivity contribution in [1.29, 1.82) is 0 Å². The maximum Gasteiger partial charge on any atom is 0.275 e. The molecule has 0 bridgehead atoms. The normalized spacial score (nSPS) is 24.9. The molecule has 19 heavy (non-hydrogen) atoms. The maximum absolute atomic E-state index is 12.0. The van der Waals surface area contributed by atoms with E-state index >= 15 is 0 Å². The Balaban J connectivity index is 1.72. The van der Waals surface area contributed by atoms with Crippen LogP contribution >= 0.6 is 0 Å². The summed E-state index contributed by atoms with van der Waals surface area (Å²) in [5.74, 6) is 1.66. The third-order valence-corrected chi connectivity index (χ3v) is 4.11. The Bertz CT molecular complexity index is 389. The highest BCUT2D eigenvalue weighted by Crippen LogP contribution is 2.23. The van der Waals surface area contributed by atoms with Gasteiger partial charge < -0.3 is 15.1 Å². The van der Waals surface area contributed by atoms with Crippen LogP contribution in [0.25, 0.3) is 0 Å². The van der Waals surface area contributed by atoms with E-state index in [9.17, 15) is 4.79 Å². The smallest absolute Gasteiger partial charge is 0.275 e. The zero-order valence-electron chi connectivity index (χ0n) is 11.9. The van der Waals surface area contributed by atoms with Gasteiger partial charge in [0, 0.05) is 6.04 Å². The lowest BCUT2D eigenvalue weighted by molar-refractivity contribution is -0.684. The zero-order valence-corrected chi connectivity index (χ0v) is 11.9. The Labute approximate surface area is 114 Å². The Kier molecular flexibility index (Phi) is 5.02. The van der Waals surface area contributed by atoms with Crippen LogP contribution in [0, 0.1) is 5.92 Å². The summed E-state index contributed by atoms with van der Waals surface area (Å²) in [6, 6.07) is 4.38. The topological polar surface area (TPSA) is 58.9 Å². The number of rotatable bonds is 5. The van der Waals surface area contributed by atoms with E-state index in [-0.39, 0.29) is 11.9 Å². The van der Waals surface area contributed by atoms with Crippen molar-refractivity contribution in [2.45, 2.75) is 51.6 Å². The molecule has 0 aromatic carbocycles. The summed E-state index contributed by atoms with van der Waals surface area (Å²) in [7, 11) is 0. The number of hydrogen-bond donors (Lipinski definition) is 2. The van der Waals surface area contributed by atoms with E-state index in [1.165, 1.54) is 19.3 Å². The van der Waals surface area contributed by atoms with Crippen molar-refractivity contribution >= 4 is 5.91 Å². The third kappa shape index (κ3) is 4.10. The number of amides is 1. The van der Waals surface area contributed by atoms with Gasteiger partial charge in [-0.3, -0.25) is 4.79 Å². The van der Waals surface area contributed by atoms with E-state index in [1.54, 1.807) is 6.26 Å². The standard InChI is InChI=1S/C15H24N2O2/c1-11-6-3-4-7-13(11)17-15(18)10-16-12(2)14-8-5-9-19-14/h5,8-9,11-13,16H,3-4,6-7,10H2,1-2H3,(H,17,18)/p+1/t11-,12+,13-/m1/s1. The summed E-state index contributed by atoms with van der Waals surface area (Å²) in [4.78, 5) is 12.0. The van der Waals surface area contributed by atoms with Crippen LogP contribution < -0.4 is 10.6 Å². The lowest BCUT2D eigenvalue weighted by atomic mass is 9.86. The van der Waals surface area contributed by atoms with Crippen molar-refractivity contribution < 1.29 is 14.5 Å². The van der Waals surface area contributed by atoms with Crippen LogP contribution in [0.5, 0.6) is 0 Å². The molecule has 1 aliphatic rings. The van der Waals surface area contributed by atoms with Gasteiger partial charge in [0.1, 0.15) is 6.04 Å². The molecule has 0 radical (unpaired) electrons. The van der Waals surface area contributed by atoms with Crippen molar-refractivity contribution in [3.63, 3.8) is 0 Å². The molecule has 2 rings (SSSR count). The lowest BCUT2D eigenvalue weighted by Crippen LogP contribution is -2.87. The first-order chi connectivity index (χ1) is 9.16. The number of nitrogens with one attached hydrogen (secondary N) is 1. The van der Waals surface area contributed by atoms with Crippen LogP contribution in [0.1, 0.15) is 51.3 Å². The number of quaternary nitrogens is 1. The first-order valence-electron chi connectivity index (χ1n) is 7.33. The summed E-state index contributed by atoms with van der Waals surface area (Å²) >= 11 is 0. The minimum atomic E-state index is 0.136. The van der Waals surface area contributed by atoms with E-state index in [0.29, 0.717) is 18.5 Å². The molecule has 0 spiro atoms. The van der Waals surface area contributed by atoms with Crippen molar-refractivity contribution in [2.24, 2.45) is 5.92 Å². The number of carbonyl (C=O) groups is 1. The van der Waals surface area contributed by atoms with E-state index in [2.05, 4.69) is 19.2 Å². The molecule has 3 atom stereocenters. The average molecular weight is 265 g/mol. The maximum atomic E-state index is 12.0. The van der Waals surface area contributed by atoms with Gasteiger partial charge in [0.25, 0.3) is 5.91 Å². The van der Waals surface area contributed by atoms with Gasteiger partial charge >= 0.3 is 0 Å². The first-order valence-corrected chi connectivity index (χ1v) is 7.33. The van der Waals surface area contributed by atoms with E-state index < -0.39 is 0 Å². The molecule has 1 saturated carbocycles. The van der Waals surface area contributed by atoms with Crippen LogP contribution in [0.15, 0.2) is 22.8 Å². The highest BCUT2D eigenvalue weighted by molar-refractivity contribution is 5.77. The van der Waals surface area contributed by atoms with Crippen LogP contribution in [0.3, 0.4) is 0 Å². The molecular weight excluding hydrogens is 240 g/mol. The summed E-state index contributed by atoms with van der Waals surface area (Å²) in [6.07, 6.45) is 6.57. The van der Waals surface area contributed by atoms with Gasteiger partial charge in [0.15, 0.2) is 12.3 Å². The monoisotopic (exact) mass is 265 g/mol. The highest BCUT2D eigenvalue weighted by Gasteiger charge is 2.23. The van der Waals surface area contributed by atoms with Gasteiger partial charge in [0.05, 0.1) is 6.26 Å². The lowest BCUT2D eigenvalue weighted by Gasteiger charge is -2.29. The van der Waals surface area contributed by atoms with Crippen molar-refractivity contribution in [3.8, 4) is 0 Å². The van der Waals surface area contributed by atoms with Gasteiger partial charge in [0.2, 0.25) is 0 Å². The van der Waals surface area contributed by atoms with E-state index in [4.69, 9.17) is 4.42 Å². The van der Waals surface area contributed by atoms with E-state index in [1.807, 2.05) is 17.4 Å². The number of carbonyl (C=O) groups excluding carboxylic acids is 1. The Morgan fingerprint density at radius 3 is 3.00 bits per heavy atom. The molecule has 106 valence electrons. The molecule has 1 aliphatic carbocycles. The quantitative estimate of drug-likeness (QED) is 0.849. The van der Waals surface area contributed by atoms with Gasteiger partial charge in [-0.15, -0.1) is 0 Å². The highest BCUT2D eigenvalue weighted by atomic mass is 16.3. The minimum Gasteiger partial charge on any atom is -0.463 e. The Hall–Kier alpha value is -1.29. The second-order valence-corrected chi connectivity index (χ2v) is 5.68. The predicted molar refractivity (Wildman–Crippen MR) is 73.5 cm³/mol. The predicted octanol–water partition coefficient (Wildman–Crippen LogP) is 1.60. The fourth-order valence-corrected chi connectivity index (χ4v) is 2.75. The molecule has 0 aliphatic heterocycles. The summed E-state index contributed by atoms with van der Waals surface area (Å²) in [5, 5.41) is 5.18. The minimum absolute atomic E-state index is 0.136. The van der Waals surface area contributed by atoms with Crippen LogP contribution in [-0.4, -0.2) is 18.5 Å². The third-order valence-electron chi connectivity index (χ3n) is 4.11. The largest absolute Gasteiger partial charge is 0.463 e. The van der Waals surface area contributed by atoms with Crippen molar-refractivity contribution in [1.82, 2.24) is 5.32 Å². The van der Waals surface area contributed by atoms with Crippen molar-refractivity contribution in [3.05, 3.63) is 24.2 Å². The molecule has 0 saturated heterocycles. The number of hydrogen-bond acceptors (Lipinski definition) is 2. The van der Waals surface area contributed by atoms with E-state index in [0.717, 1.165) is 12.2 Å². The molecule has 1 heterocycles. The zero-order chi connectivity index (χ0) is 13.7. The fraction of sp³-hybridized carbons (Fsp3) is 0.667. The fourth-order valence-electron chi connectivity index (χ4n) is 2.75. The number of nitrogens with two attached hydrogens (primary N) is 1. The second kappa shape index (κ2) is 6.75. The average Bonchev–Trinajstić information content (AvgIpc) is 2.93. The van der Waals surface area contributed by atoms with Gasteiger partial charge in [-0.1, -0.05) is 19.8 Å². The SMILES string of the molecule is C[C@H]([NH2+]CC(=O)N[C@@H]1CCCC[C@H]1C)c1ccco1. The second-order valence-electron chi connectivity index (χ2n) is 5.68. The molecule has 1 fully saturated rings. The van der Waals surface area contributed by atoms with Crippen molar-refractivity contribution in [2.75, 3.05) is 6.54 Å². The molecular formula is C15H25N2O2+. The summed E-state index contributed by atoms with van der Waals surface area (Å²) in [6.45, 7) is 4.75. The van der Waals surface area contributed by atoms with Gasteiger partial charge in [-0.05, 0) is 37.8 Å². The molecule has 4 heteroatoms. The molecule has 1 amide bonds. The Morgan fingerprint density at radius 2 is 2.32 bits per heavy atom. The van der Waals surface area contributed by atoms with Gasteiger partial charge in [-0.25, -0.2) is 0 Å².